The first-order valence-electron chi connectivity index (χ1n) is 5.98. The van der Waals surface area contributed by atoms with Gasteiger partial charge in [0.1, 0.15) is 11.9 Å². The average Bonchev–Trinajstić information content (AvgIpc) is 2.86. The lowest BCUT2D eigenvalue weighted by molar-refractivity contribution is -0.146. The predicted molar refractivity (Wildman–Crippen MR) is 67.5 cm³/mol. The van der Waals surface area contributed by atoms with Gasteiger partial charge in [0.15, 0.2) is 0 Å². The molecule has 0 aliphatic carbocycles. The van der Waals surface area contributed by atoms with Crippen molar-refractivity contribution in [3.8, 4) is 0 Å². The summed E-state index contributed by atoms with van der Waals surface area (Å²) in [6, 6.07) is 3.66. The molecule has 2 heterocycles. The van der Waals surface area contributed by atoms with Gasteiger partial charge in [-0.25, -0.2) is 10.8 Å². The molecule has 0 radical (unpaired) electrons. The Kier molecular flexibility index (Phi) is 4.11. The summed E-state index contributed by atoms with van der Waals surface area (Å²) in [5.74, 6) is 5.90. The highest BCUT2D eigenvalue weighted by Gasteiger charge is 2.31. The van der Waals surface area contributed by atoms with E-state index in [9.17, 15) is 4.79 Å². The normalized spacial score (nSPS) is 19.8. The monoisotopic (exact) mass is 250 g/mol. The number of anilines is 1. The molecular formula is C12H18N4O2. The lowest BCUT2D eigenvalue weighted by atomic mass is 10.2. The zero-order valence-electron chi connectivity index (χ0n) is 10.4. The highest BCUT2D eigenvalue weighted by atomic mass is 16.5. The minimum absolute atomic E-state index is 0.152. The smallest absolute Gasteiger partial charge is 0.323 e. The van der Waals surface area contributed by atoms with Crippen LogP contribution >= 0.6 is 0 Å². The van der Waals surface area contributed by atoms with Crippen LogP contribution in [0.25, 0.3) is 0 Å². The Labute approximate surface area is 106 Å². The fraction of sp³-hybridized carbons (Fsp3) is 0.500. The zero-order valence-corrected chi connectivity index (χ0v) is 10.4. The van der Waals surface area contributed by atoms with Crippen molar-refractivity contribution < 1.29 is 9.53 Å². The number of hydrazine groups is 1. The number of methoxy groups -OCH3 is 1. The number of nitrogen functional groups attached to an aromatic ring is 1. The van der Waals surface area contributed by atoms with E-state index >= 15 is 0 Å². The van der Waals surface area contributed by atoms with Crippen molar-refractivity contribution in [3.05, 3.63) is 23.9 Å². The van der Waals surface area contributed by atoms with Crippen LogP contribution in [0.4, 0.5) is 5.82 Å². The van der Waals surface area contributed by atoms with E-state index in [0.29, 0.717) is 12.4 Å². The number of likely N-dealkylation sites (tertiary alicyclic amines) is 1. The molecule has 1 aliphatic heterocycles. The van der Waals surface area contributed by atoms with Crippen molar-refractivity contribution in [3.63, 3.8) is 0 Å². The summed E-state index contributed by atoms with van der Waals surface area (Å²) >= 11 is 0. The molecule has 1 atom stereocenters. The maximum atomic E-state index is 11.6. The van der Waals surface area contributed by atoms with Crippen molar-refractivity contribution in [2.24, 2.45) is 5.84 Å². The summed E-state index contributed by atoms with van der Waals surface area (Å²) in [5.41, 5.74) is 3.56. The average molecular weight is 250 g/mol. The number of carbonyl (C=O) groups is 1. The van der Waals surface area contributed by atoms with Crippen molar-refractivity contribution in [1.29, 1.82) is 0 Å². The van der Waals surface area contributed by atoms with Gasteiger partial charge in [-0.2, -0.15) is 0 Å². The van der Waals surface area contributed by atoms with Crippen LogP contribution in [0.1, 0.15) is 18.4 Å². The van der Waals surface area contributed by atoms with Crippen molar-refractivity contribution >= 4 is 11.8 Å². The Morgan fingerprint density at radius 1 is 1.72 bits per heavy atom. The molecule has 1 fully saturated rings. The van der Waals surface area contributed by atoms with Crippen LogP contribution < -0.4 is 11.3 Å². The number of nitrogens with one attached hydrogen (secondary N) is 1. The van der Waals surface area contributed by atoms with Crippen LogP contribution in [-0.4, -0.2) is 35.5 Å². The minimum Gasteiger partial charge on any atom is -0.468 e. The first kappa shape index (κ1) is 12.8. The molecule has 1 aromatic heterocycles. The lowest BCUT2D eigenvalue weighted by Gasteiger charge is -2.23. The van der Waals surface area contributed by atoms with Crippen LogP contribution in [0.5, 0.6) is 0 Å². The third-order valence-corrected chi connectivity index (χ3v) is 3.24. The molecule has 2 rings (SSSR count). The number of carbonyl (C=O) groups excluding carboxylic acids is 1. The topological polar surface area (TPSA) is 80.5 Å². The molecule has 0 aromatic carbocycles. The number of nitrogens with two attached hydrogens (primary N) is 1. The Morgan fingerprint density at radius 2 is 2.56 bits per heavy atom. The van der Waals surface area contributed by atoms with Crippen LogP contribution in [0.15, 0.2) is 18.3 Å². The van der Waals surface area contributed by atoms with Crippen molar-refractivity contribution in [2.45, 2.75) is 25.4 Å². The van der Waals surface area contributed by atoms with E-state index < -0.39 is 0 Å². The first-order valence-corrected chi connectivity index (χ1v) is 5.98. The Balaban J connectivity index is 2.10. The maximum Gasteiger partial charge on any atom is 0.323 e. The Hall–Kier alpha value is -1.66. The first-order chi connectivity index (χ1) is 8.76. The Bertz CT molecular complexity index is 424. The second-order valence-electron chi connectivity index (χ2n) is 4.31. The van der Waals surface area contributed by atoms with Gasteiger partial charge in [0.2, 0.25) is 0 Å². The second-order valence-corrected chi connectivity index (χ2v) is 4.31. The fourth-order valence-electron chi connectivity index (χ4n) is 2.33. The van der Waals surface area contributed by atoms with Crippen LogP contribution in [0, 0.1) is 0 Å². The summed E-state index contributed by atoms with van der Waals surface area (Å²) in [7, 11) is 1.43. The third-order valence-electron chi connectivity index (χ3n) is 3.24. The number of aromatic nitrogens is 1. The fourth-order valence-corrected chi connectivity index (χ4v) is 2.33. The molecule has 3 N–H and O–H groups in total. The zero-order chi connectivity index (χ0) is 13.0. The molecule has 6 nitrogen and oxygen atoms in total. The Morgan fingerprint density at radius 3 is 3.28 bits per heavy atom. The number of nitrogens with zero attached hydrogens (tertiary/aromatic N) is 2. The van der Waals surface area contributed by atoms with E-state index in [0.717, 1.165) is 24.9 Å². The maximum absolute atomic E-state index is 11.6. The van der Waals surface area contributed by atoms with Gasteiger partial charge in [-0.05, 0) is 25.5 Å². The lowest BCUT2D eigenvalue weighted by Crippen LogP contribution is -2.36. The van der Waals surface area contributed by atoms with Gasteiger partial charge in [0.25, 0.3) is 0 Å². The predicted octanol–water partition coefficient (Wildman–Crippen LogP) is 0.505. The minimum atomic E-state index is -0.168. The summed E-state index contributed by atoms with van der Waals surface area (Å²) in [6.45, 7) is 1.53. The summed E-state index contributed by atoms with van der Waals surface area (Å²) in [4.78, 5) is 17.9. The van der Waals surface area contributed by atoms with E-state index in [2.05, 4.69) is 15.3 Å². The van der Waals surface area contributed by atoms with E-state index in [4.69, 9.17) is 10.6 Å². The van der Waals surface area contributed by atoms with Gasteiger partial charge in [-0.1, -0.05) is 6.07 Å². The summed E-state index contributed by atoms with van der Waals surface area (Å²) < 4.78 is 4.82. The van der Waals surface area contributed by atoms with E-state index in [-0.39, 0.29) is 12.0 Å². The highest BCUT2D eigenvalue weighted by molar-refractivity contribution is 5.76. The molecule has 1 unspecified atom stereocenters. The van der Waals surface area contributed by atoms with Gasteiger partial charge >= 0.3 is 5.97 Å². The molecule has 6 heteroatoms. The van der Waals surface area contributed by atoms with Crippen LogP contribution in [0.3, 0.4) is 0 Å². The molecule has 18 heavy (non-hydrogen) atoms. The standard InChI is InChI=1S/C12H18N4O2/c1-18-12(17)10-5-3-7-16(10)8-9-4-2-6-14-11(9)15-13/h2,4,6,10H,3,5,7-8,13H2,1H3,(H,14,15). The van der Waals surface area contributed by atoms with Crippen LogP contribution in [-0.2, 0) is 16.1 Å². The number of hydrogen-bond donors (Lipinski definition) is 2. The molecule has 98 valence electrons. The molecule has 1 saturated heterocycles. The molecule has 1 aromatic rings. The molecule has 0 saturated carbocycles. The van der Waals surface area contributed by atoms with Gasteiger partial charge in [-0.15, -0.1) is 0 Å². The quantitative estimate of drug-likeness (QED) is 0.460. The van der Waals surface area contributed by atoms with E-state index in [1.54, 1.807) is 6.20 Å². The van der Waals surface area contributed by atoms with Gasteiger partial charge in [-0.3, -0.25) is 9.69 Å². The third kappa shape index (κ3) is 2.60. The number of hydrogen-bond acceptors (Lipinski definition) is 6. The number of pyridine rings is 1. The number of esters is 1. The summed E-state index contributed by atoms with van der Waals surface area (Å²) in [5, 5.41) is 0. The molecular weight excluding hydrogens is 232 g/mol. The molecule has 0 amide bonds. The van der Waals surface area contributed by atoms with Crippen molar-refractivity contribution in [2.75, 3.05) is 19.1 Å². The molecule has 0 bridgehead atoms. The summed E-state index contributed by atoms with van der Waals surface area (Å²) in [6.07, 6.45) is 3.53. The SMILES string of the molecule is COC(=O)C1CCCN1Cc1cccnc1NN. The number of rotatable bonds is 4. The van der Waals surface area contributed by atoms with Crippen molar-refractivity contribution in [1.82, 2.24) is 9.88 Å². The molecule has 1 aliphatic rings. The van der Waals surface area contributed by atoms with E-state index in [1.165, 1.54) is 7.11 Å². The van der Waals surface area contributed by atoms with Gasteiger partial charge < -0.3 is 10.2 Å². The van der Waals surface area contributed by atoms with Gasteiger partial charge in [0.05, 0.1) is 7.11 Å². The van der Waals surface area contributed by atoms with E-state index in [1.807, 2.05) is 12.1 Å². The second kappa shape index (κ2) is 5.79. The molecule has 0 spiro atoms. The highest BCUT2D eigenvalue weighted by Crippen LogP contribution is 2.22. The largest absolute Gasteiger partial charge is 0.468 e. The van der Waals surface area contributed by atoms with Crippen LogP contribution in [0.2, 0.25) is 0 Å². The number of ether oxygens (including phenoxy) is 1. The van der Waals surface area contributed by atoms with Gasteiger partial charge in [0, 0.05) is 18.3 Å².